The summed E-state index contributed by atoms with van der Waals surface area (Å²) in [6.45, 7) is 10.1. The van der Waals surface area contributed by atoms with Gasteiger partial charge in [0, 0.05) is 31.1 Å². The number of hydrogen-bond donors (Lipinski definition) is 2. The van der Waals surface area contributed by atoms with E-state index in [1.165, 1.54) is 11.1 Å². The molecule has 1 aromatic carbocycles. The molecule has 0 saturated heterocycles. The quantitative estimate of drug-likeness (QED) is 0.558. The number of aliphatic imine (C=N–C) groups is 1. The monoisotopic (exact) mass is 356 g/mol. The summed E-state index contributed by atoms with van der Waals surface area (Å²) in [5.74, 6) is 1.73. The van der Waals surface area contributed by atoms with Crippen molar-refractivity contribution in [1.82, 2.24) is 15.8 Å². The third-order valence-electron chi connectivity index (χ3n) is 5.41. The van der Waals surface area contributed by atoms with Crippen LogP contribution in [0, 0.1) is 13.8 Å². The molecule has 0 saturated carbocycles. The number of guanidine groups is 1. The number of aryl methyl sites for hydroxylation is 2. The number of rotatable bonds is 8. The fourth-order valence-electron chi connectivity index (χ4n) is 3.44. The summed E-state index contributed by atoms with van der Waals surface area (Å²) in [5, 5.41) is 10.9. The van der Waals surface area contributed by atoms with Gasteiger partial charge in [-0.1, -0.05) is 49.3 Å². The molecule has 0 bridgehead atoms. The first-order chi connectivity index (χ1) is 12.6. The summed E-state index contributed by atoms with van der Waals surface area (Å²) in [4.78, 5) is 4.37. The second-order valence-electron chi connectivity index (χ2n) is 6.76. The van der Waals surface area contributed by atoms with Gasteiger partial charge in [0.1, 0.15) is 5.76 Å². The van der Waals surface area contributed by atoms with E-state index in [1.807, 2.05) is 20.9 Å². The highest BCUT2D eigenvalue weighted by Gasteiger charge is 2.28. The van der Waals surface area contributed by atoms with Crippen molar-refractivity contribution in [3.8, 4) is 0 Å². The maximum Gasteiger partial charge on any atom is 0.191 e. The minimum atomic E-state index is 0.112. The maximum absolute atomic E-state index is 5.23. The molecule has 5 nitrogen and oxygen atoms in total. The van der Waals surface area contributed by atoms with E-state index in [-0.39, 0.29) is 5.41 Å². The van der Waals surface area contributed by atoms with Crippen molar-refractivity contribution < 1.29 is 4.52 Å². The van der Waals surface area contributed by atoms with E-state index in [0.717, 1.165) is 49.8 Å². The minimum Gasteiger partial charge on any atom is -0.361 e. The molecule has 0 radical (unpaired) electrons. The van der Waals surface area contributed by atoms with Crippen LogP contribution in [0.3, 0.4) is 0 Å². The van der Waals surface area contributed by atoms with Gasteiger partial charge in [0.05, 0.1) is 5.69 Å². The molecule has 0 fully saturated rings. The van der Waals surface area contributed by atoms with E-state index in [9.17, 15) is 0 Å². The Labute approximate surface area is 157 Å². The van der Waals surface area contributed by atoms with Crippen LogP contribution in [0.2, 0.25) is 0 Å². The third-order valence-corrected chi connectivity index (χ3v) is 5.41. The summed E-state index contributed by atoms with van der Waals surface area (Å²) < 4.78 is 5.23. The van der Waals surface area contributed by atoms with Crippen molar-refractivity contribution >= 4 is 5.96 Å². The van der Waals surface area contributed by atoms with Gasteiger partial charge in [0.15, 0.2) is 5.96 Å². The third kappa shape index (κ3) is 4.65. The molecule has 0 aliphatic rings. The van der Waals surface area contributed by atoms with E-state index < -0.39 is 0 Å². The van der Waals surface area contributed by atoms with E-state index in [1.54, 1.807) is 0 Å². The Kier molecular flexibility index (Phi) is 7.25. The van der Waals surface area contributed by atoms with Crippen LogP contribution in [0.25, 0.3) is 0 Å². The van der Waals surface area contributed by atoms with E-state index in [0.29, 0.717) is 0 Å². The largest absolute Gasteiger partial charge is 0.361 e. The van der Waals surface area contributed by atoms with Crippen molar-refractivity contribution in [2.75, 3.05) is 20.1 Å². The van der Waals surface area contributed by atoms with Crippen LogP contribution in [0.15, 0.2) is 39.8 Å². The van der Waals surface area contributed by atoms with Crippen LogP contribution < -0.4 is 10.6 Å². The second-order valence-corrected chi connectivity index (χ2v) is 6.76. The number of hydrogen-bond acceptors (Lipinski definition) is 3. The number of aromatic nitrogens is 1. The molecule has 142 valence electrons. The molecule has 0 spiro atoms. The Balaban J connectivity index is 1.94. The van der Waals surface area contributed by atoms with Gasteiger partial charge < -0.3 is 15.2 Å². The fourth-order valence-corrected chi connectivity index (χ4v) is 3.44. The average Bonchev–Trinajstić information content (AvgIpc) is 3.00. The van der Waals surface area contributed by atoms with E-state index >= 15 is 0 Å². The van der Waals surface area contributed by atoms with E-state index in [2.05, 4.69) is 65.0 Å². The van der Waals surface area contributed by atoms with Crippen molar-refractivity contribution in [2.45, 2.75) is 52.4 Å². The Morgan fingerprint density at radius 1 is 1.12 bits per heavy atom. The Morgan fingerprint density at radius 3 is 2.35 bits per heavy atom. The first-order valence-corrected chi connectivity index (χ1v) is 9.48. The normalized spacial score (nSPS) is 12.3. The first kappa shape index (κ1) is 20.0. The lowest BCUT2D eigenvalue weighted by Crippen LogP contribution is -2.45. The van der Waals surface area contributed by atoms with Crippen LogP contribution in [0.4, 0.5) is 0 Å². The van der Waals surface area contributed by atoms with Crippen molar-refractivity contribution in [3.63, 3.8) is 0 Å². The predicted octanol–water partition coefficient (Wildman–Crippen LogP) is 3.76. The highest BCUT2D eigenvalue weighted by Crippen LogP contribution is 2.30. The predicted molar refractivity (Wildman–Crippen MR) is 108 cm³/mol. The molecule has 2 N–H and O–H groups in total. The van der Waals surface area contributed by atoms with Crippen molar-refractivity contribution in [1.29, 1.82) is 0 Å². The molecule has 5 heteroatoms. The summed E-state index contributed by atoms with van der Waals surface area (Å²) >= 11 is 0. The Morgan fingerprint density at radius 2 is 1.81 bits per heavy atom. The number of nitrogens with one attached hydrogen (secondary N) is 2. The highest BCUT2D eigenvalue weighted by molar-refractivity contribution is 5.79. The van der Waals surface area contributed by atoms with Gasteiger partial charge in [-0.25, -0.2) is 0 Å². The zero-order valence-corrected chi connectivity index (χ0v) is 16.7. The zero-order chi connectivity index (χ0) is 19.0. The van der Waals surface area contributed by atoms with Crippen LogP contribution in [0.5, 0.6) is 0 Å². The van der Waals surface area contributed by atoms with Crippen LogP contribution in [0.1, 0.15) is 49.3 Å². The topological polar surface area (TPSA) is 62.5 Å². The van der Waals surface area contributed by atoms with E-state index in [4.69, 9.17) is 4.52 Å². The SMILES string of the molecule is CCC(CC)(CNC(=NC)NCCc1c(C)noc1C)c1ccccc1. The maximum atomic E-state index is 5.23. The minimum absolute atomic E-state index is 0.112. The highest BCUT2D eigenvalue weighted by atomic mass is 16.5. The molecule has 0 unspecified atom stereocenters. The molecular formula is C21H32N4O. The Hall–Kier alpha value is -2.30. The fraction of sp³-hybridized carbons (Fsp3) is 0.524. The van der Waals surface area contributed by atoms with Gasteiger partial charge in [-0.05, 0) is 38.7 Å². The lowest BCUT2D eigenvalue weighted by Gasteiger charge is -2.33. The van der Waals surface area contributed by atoms with Crippen molar-refractivity contribution in [3.05, 3.63) is 52.9 Å². The molecular weight excluding hydrogens is 324 g/mol. The van der Waals surface area contributed by atoms with Gasteiger partial charge >= 0.3 is 0 Å². The molecule has 0 amide bonds. The molecule has 1 heterocycles. The lowest BCUT2D eigenvalue weighted by molar-refractivity contribution is 0.389. The van der Waals surface area contributed by atoms with Crippen LogP contribution >= 0.6 is 0 Å². The zero-order valence-electron chi connectivity index (χ0n) is 16.7. The molecule has 1 aromatic heterocycles. The summed E-state index contributed by atoms with van der Waals surface area (Å²) in [6.07, 6.45) is 3.03. The number of benzene rings is 1. The van der Waals surface area contributed by atoms with Gasteiger partial charge in [-0.2, -0.15) is 0 Å². The van der Waals surface area contributed by atoms with Gasteiger partial charge in [-0.15, -0.1) is 0 Å². The number of nitrogens with zero attached hydrogens (tertiary/aromatic N) is 2. The molecule has 2 rings (SSSR count). The van der Waals surface area contributed by atoms with Crippen LogP contribution in [-0.2, 0) is 11.8 Å². The molecule has 26 heavy (non-hydrogen) atoms. The van der Waals surface area contributed by atoms with Crippen LogP contribution in [-0.4, -0.2) is 31.3 Å². The summed E-state index contributed by atoms with van der Waals surface area (Å²) in [6, 6.07) is 10.8. The standard InChI is InChI=1S/C21H32N4O/c1-6-21(7-2,18-11-9-8-10-12-18)15-24-20(22-5)23-14-13-19-16(3)25-26-17(19)4/h8-12H,6-7,13-15H2,1-5H3,(H2,22,23,24). The van der Waals surface area contributed by atoms with Gasteiger partial charge in [-0.3, -0.25) is 4.99 Å². The average molecular weight is 357 g/mol. The second kappa shape index (κ2) is 9.41. The summed E-state index contributed by atoms with van der Waals surface area (Å²) in [5.41, 5.74) is 3.63. The smallest absolute Gasteiger partial charge is 0.191 e. The van der Waals surface area contributed by atoms with Crippen molar-refractivity contribution in [2.24, 2.45) is 4.99 Å². The molecule has 0 atom stereocenters. The summed E-state index contributed by atoms with van der Waals surface area (Å²) in [7, 11) is 1.81. The molecule has 0 aliphatic heterocycles. The van der Waals surface area contributed by atoms with Gasteiger partial charge in [0.2, 0.25) is 0 Å². The Bertz CT molecular complexity index is 683. The molecule has 2 aromatic rings. The lowest BCUT2D eigenvalue weighted by atomic mass is 9.76. The molecule has 0 aliphatic carbocycles. The first-order valence-electron chi connectivity index (χ1n) is 9.48. The van der Waals surface area contributed by atoms with Gasteiger partial charge in [0.25, 0.3) is 0 Å².